The van der Waals surface area contributed by atoms with Gasteiger partial charge in [-0.05, 0) is 57.0 Å². The number of benzene rings is 1. The van der Waals surface area contributed by atoms with Gasteiger partial charge in [0.15, 0.2) is 15.8 Å². The number of guanidine groups is 1. The predicted octanol–water partition coefficient (Wildman–Crippen LogP) is 2.93. The zero-order chi connectivity index (χ0) is 20.6. The Labute approximate surface area is 193 Å². The molecule has 0 amide bonds. The topological polar surface area (TPSA) is 73.8 Å². The van der Waals surface area contributed by atoms with Gasteiger partial charge in [0, 0.05) is 32.4 Å². The van der Waals surface area contributed by atoms with Crippen LogP contribution in [0.4, 0.5) is 0 Å². The van der Waals surface area contributed by atoms with Crippen LogP contribution in [0.3, 0.4) is 0 Å². The summed E-state index contributed by atoms with van der Waals surface area (Å²) in [7, 11) is 2.98. The van der Waals surface area contributed by atoms with Crippen LogP contribution in [0.15, 0.2) is 34.2 Å². The van der Waals surface area contributed by atoms with Gasteiger partial charge in [0.05, 0.1) is 4.90 Å². The fourth-order valence-electron chi connectivity index (χ4n) is 3.94. The van der Waals surface area contributed by atoms with Crippen molar-refractivity contribution in [2.75, 3.05) is 40.5 Å². The van der Waals surface area contributed by atoms with Crippen molar-refractivity contribution in [3.8, 4) is 0 Å². The van der Waals surface area contributed by atoms with E-state index in [4.69, 9.17) is 0 Å². The van der Waals surface area contributed by atoms with Crippen molar-refractivity contribution < 1.29 is 8.42 Å². The largest absolute Gasteiger partial charge is 0.356 e. The monoisotopic (exact) mass is 536 g/mol. The summed E-state index contributed by atoms with van der Waals surface area (Å²) in [5.74, 6) is 1.57. The fourth-order valence-corrected chi connectivity index (χ4v) is 4.57. The van der Waals surface area contributed by atoms with Crippen LogP contribution in [0, 0.1) is 5.92 Å². The molecule has 0 bridgehead atoms. The van der Waals surface area contributed by atoms with Crippen molar-refractivity contribution >= 4 is 39.8 Å². The molecule has 1 aliphatic carbocycles. The van der Waals surface area contributed by atoms with Crippen LogP contribution in [0.25, 0.3) is 0 Å². The molecule has 0 aliphatic heterocycles. The van der Waals surface area contributed by atoms with Gasteiger partial charge in [-0.25, -0.2) is 8.42 Å². The van der Waals surface area contributed by atoms with E-state index in [1.165, 1.54) is 38.4 Å². The lowest BCUT2D eigenvalue weighted by atomic mass is 9.83. The summed E-state index contributed by atoms with van der Waals surface area (Å²) in [5.41, 5.74) is 1.10. The lowest BCUT2D eigenvalue weighted by Gasteiger charge is -2.35. The molecule has 0 radical (unpaired) electrons. The van der Waals surface area contributed by atoms with Crippen molar-refractivity contribution in [1.82, 2.24) is 15.5 Å². The summed E-state index contributed by atoms with van der Waals surface area (Å²) in [6.07, 6.45) is 8.75. The van der Waals surface area contributed by atoms with Crippen molar-refractivity contribution in [2.24, 2.45) is 10.9 Å². The molecule has 0 heterocycles. The van der Waals surface area contributed by atoms with Crippen LogP contribution in [-0.2, 0) is 16.3 Å². The number of aliphatic imine (C=N–C) groups is 1. The first-order valence-electron chi connectivity index (χ1n) is 10.2. The SMILES string of the molecule is CN=C(NCCc1ccc(S(C)(=O)=O)cc1)NCC(C1CCCCC1)N(C)C.I. The number of hydrogen-bond donors (Lipinski definition) is 2. The maximum absolute atomic E-state index is 11.5. The van der Waals surface area contributed by atoms with E-state index in [0.717, 1.165) is 37.0 Å². The Kier molecular flexibility index (Phi) is 11.5. The highest BCUT2D eigenvalue weighted by Crippen LogP contribution is 2.28. The van der Waals surface area contributed by atoms with E-state index in [1.807, 2.05) is 12.1 Å². The Morgan fingerprint density at radius 1 is 1.14 bits per heavy atom. The highest BCUT2D eigenvalue weighted by molar-refractivity contribution is 14.0. The molecule has 29 heavy (non-hydrogen) atoms. The van der Waals surface area contributed by atoms with Gasteiger partial charge in [0.2, 0.25) is 0 Å². The van der Waals surface area contributed by atoms with E-state index in [9.17, 15) is 8.42 Å². The molecule has 1 saturated carbocycles. The minimum atomic E-state index is -3.14. The van der Waals surface area contributed by atoms with Crippen LogP contribution in [0.5, 0.6) is 0 Å². The molecule has 1 atom stereocenters. The van der Waals surface area contributed by atoms with E-state index in [-0.39, 0.29) is 24.0 Å². The summed E-state index contributed by atoms with van der Waals surface area (Å²) in [4.78, 5) is 7.03. The number of sulfone groups is 1. The smallest absolute Gasteiger partial charge is 0.191 e. The third-order valence-electron chi connectivity index (χ3n) is 5.62. The average molecular weight is 537 g/mol. The normalized spacial score (nSPS) is 16.9. The Balaban J connectivity index is 0.00000420. The van der Waals surface area contributed by atoms with Gasteiger partial charge in [-0.1, -0.05) is 31.4 Å². The molecule has 1 aromatic carbocycles. The molecule has 166 valence electrons. The molecule has 8 heteroatoms. The van der Waals surface area contributed by atoms with Gasteiger partial charge in [-0.2, -0.15) is 0 Å². The molecule has 1 aliphatic rings. The summed E-state index contributed by atoms with van der Waals surface area (Å²) in [6, 6.07) is 7.61. The number of hydrogen-bond acceptors (Lipinski definition) is 4. The van der Waals surface area contributed by atoms with Crippen LogP contribution < -0.4 is 10.6 Å². The van der Waals surface area contributed by atoms with Gasteiger partial charge in [-0.3, -0.25) is 4.99 Å². The van der Waals surface area contributed by atoms with E-state index in [2.05, 4.69) is 34.6 Å². The third kappa shape index (κ3) is 8.80. The molecule has 1 fully saturated rings. The number of nitrogens with zero attached hydrogens (tertiary/aromatic N) is 2. The Hall–Kier alpha value is -0.870. The Morgan fingerprint density at radius 2 is 1.76 bits per heavy atom. The lowest BCUT2D eigenvalue weighted by molar-refractivity contribution is 0.171. The van der Waals surface area contributed by atoms with Crippen LogP contribution in [0.1, 0.15) is 37.7 Å². The average Bonchev–Trinajstić information content (AvgIpc) is 2.67. The van der Waals surface area contributed by atoms with Gasteiger partial charge in [0.1, 0.15) is 0 Å². The van der Waals surface area contributed by atoms with Crippen molar-refractivity contribution in [2.45, 2.75) is 49.5 Å². The zero-order valence-electron chi connectivity index (χ0n) is 18.1. The summed E-state index contributed by atoms with van der Waals surface area (Å²) in [5, 5.41) is 6.84. The molecule has 1 aromatic rings. The second kappa shape index (κ2) is 12.7. The molecule has 1 unspecified atom stereocenters. The first-order valence-corrected chi connectivity index (χ1v) is 12.1. The molecule has 0 spiro atoms. The molecule has 2 rings (SSSR count). The van der Waals surface area contributed by atoms with Gasteiger partial charge in [0.25, 0.3) is 0 Å². The second-order valence-corrected chi connectivity index (χ2v) is 9.99. The molecule has 6 nitrogen and oxygen atoms in total. The van der Waals surface area contributed by atoms with Crippen LogP contribution in [-0.4, -0.2) is 65.8 Å². The molecule has 0 saturated heterocycles. The van der Waals surface area contributed by atoms with E-state index in [0.29, 0.717) is 10.9 Å². The molecule has 2 N–H and O–H groups in total. The number of halogens is 1. The van der Waals surface area contributed by atoms with E-state index < -0.39 is 9.84 Å². The predicted molar refractivity (Wildman–Crippen MR) is 132 cm³/mol. The van der Waals surface area contributed by atoms with Crippen LogP contribution >= 0.6 is 24.0 Å². The van der Waals surface area contributed by atoms with E-state index in [1.54, 1.807) is 19.2 Å². The quantitative estimate of drug-likeness (QED) is 0.304. The summed E-state index contributed by atoms with van der Waals surface area (Å²) >= 11 is 0. The van der Waals surface area contributed by atoms with Crippen molar-refractivity contribution in [1.29, 1.82) is 0 Å². The highest BCUT2D eigenvalue weighted by Gasteiger charge is 2.25. The Bertz CT molecular complexity index is 730. The Morgan fingerprint density at radius 3 is 2.28 bits per heavy atom. The first-order chi connectivity index (χ1) is 13.3. The number of nitrogens with one attached hydrogen (secondary N) is 2. The molecular formula is C21H37IN4O2S. The standard InChI is InChI=1S/C21H36N4O2S.HI/c1-22-21(24-16-20(25(2)3)18-8-6-5-7-9-18)23-15-14-17-10-12-19(13-11-17)28(4,26)27;/h10-13,18,20H,5-9,14-16H2,1-4H3,(H2,22,23,24);1H. The minimum Gasteiger partial charge on any atom is -0.356 e. The second-order valence-electron chi connectivity index (χ2n) is 7.98. The summed E-state index contributed by atoms with van der Waals surface area (Å²) < 4.78 is 23.1. The van der Waals surface area contributed by atoms with Crippen molar-refractivity contribution in [3.63, 3.8) is 0 Å². The number of rotatable bonds is 8. The van der Waals surface area contributed by atoms with Gasteiger partial charge in [-0.15, -0.1) is 24.0 Å². The van der Waals surface area contributed by atoms with Gasteiger partial charge >= 0.3 is 0 Å². The van der Waals surface area contributed by atoms with Crippen LogP contribution in [0.2, 0.25) is 0 Å². The third-order valence-corrected chi connectivity index (χ3v) is 6.75. The number of likely N-dealkylation sites (N-methyl/N-ethyl adjacent to an activating group) is 1. The maximum atomic E-state index is 11.5. The zero-order valence-corrected chi connectivity index (χ0v) is 21.3. The maximum Gasteiger partial charge on any atom is 0.191 e. The first kappa shape index (κ1) is 26.2. The van der Waals surface area contributed by atoms with Gasteiger partial charge < -0.3 is 15.5 Å². The molecule has 0 aromatic heterocycles. The molecular weight excluding hydrogens is 499 g/mol. The summed E-state index contributed by atoms with van der Waals surface area (Å²) in [6.45, 7) is 1.63. The van der Waals surface area contributed by atoms with E-state index >= 15 is 0 Å². The lowest BCUT2D eigenvalue weighted by Crippen LogP contribution is -2.48. The highest BCUT2D eigenvalue weighted by atomic mass is 127. The fraction of sp³-hybridized carbons (Fsp3) is 0.667. The minimum absolute atomic E-state index is 0. The van der Waals surface area contributed by atoms with Crippen molar-refractivity contribution in [3.05, 3.63) is 29.8 Å².